The van der Waals surface area contributed by atoms with Gasteiger partial charge in [-0.05, 0) is 25.1 Å². The van der Waals surface area contributed by atoms with Crippen molar-refractivity contribution in [1.29, 1.82) is 0 Å². The molecule has 0 spiro atoms. The van der Waals surface area contributed by atoms with Crippen molar-refractivity contribution in [3.63, 3.8) is 0 Å². The van der Waals surface area contributed by atoms with Crippen LogP contribution in [0, 0.1) is 10.1 Å². The molecule has 0 radical (unpaired) electrons. The van der Waals surface area contributed by atoms with Crippen LogP contribution in [-0.2, 0) is 0 Å². The summed E-state index contributed by atoms with van der Waals surface area (Å²) < 4.78 is 0. The topological polar surface area (TPSA) is 104 Å². The van der Waals surface area contributed by atoms with E-state index in [1.165, 1.54) is 6.33 Å². The number of benzene rings is 1. The van der Waals surface area contributed by atoms with E-state index in [-0.39, 0.29) is 30.5 Å². The maximum Gasteiger partial charge on any atom is 0.353 e. The monoisotopic (exact) mass is 371 g/mol. The Morgan fingerprint density at radius 3 is 2.67 bits per heavy atom. The maximum atomic E-state index is 11.5. The quantitative estimate of drug-likeness (QED) is 0.568. The zero-order valence-electron chi connectivity index (χ0n) is 12.7. The summed E-state index contributed by atoms with van der Waals surface area (Å²) in [7, 11) is 0. The van der Waals surface area contributed by atoms with Crippen molar-refractivity contribution in [2.45, 2.75) is 6.92 Å². The van der Waals surface area contributed by atoms with Gasteiger partial charge in [0.2, 0.25) is 11.6 Å². The van der Waals surface area contributed by atoms with Crippen molar-refractivity contribution in [3.05, 3.63) is 44.7 Å². The zero-order valence-corrected chi connectivity index (χ0v) is 14.3. The average Bonchev–Trinajstić information content (AvgIpc) is 2.55. The minimum absolute atomic E-state index is 0.0276. The number of aliphatic hydroxyl groups is 1. The second kappa shape index (κ2) is 8.09. The van der Waals surface area contributed by atoms with Gasteiger partial charge >= 0.3 is 5.69 Å². The lowest BCUT2D eigenvalue weighted by Crippen LogP contribution is -2.28. The molecule has 0 fully saturated rings. The van der Waals surface area contributed by atoms with E-state index in [9.17, 15) is 10.1 Å². The molecule has 0 saturated heterocycles. The van der Waals surface area contributed by atoms with Crippen molar-refractivity contribution < 1.29 is 10.0 Å². The third kappa shape index (κ3) is 4.02. The number of hydrogen-bond donors (Lipinski definition) is 2. The van der Waals surface area contributed by atoms with E-state index in [0.717, 1.165) is 0 Å². The van der Waals surface area contributed by atoms with Gasteiger partial charge in [0, 0.05) is 18.8 Å². The van der Waals surface area contributed by atoms with Gasteiger partial charge < -0.3 is 15.3 Å². The average molecular weight is 372 g/mol. The van der Waals surface area contributed by atoms with E-state index in [0.29, 0.717) is 22.3 Å². The third-order valence-corrected chi connectivity index (χ3v) is 3.96. The Morgan fingerprint density at radius 1 is 1.33 bits per heavy atom. The van der Waals surface area contributed by atoms with Crippen LogP contribution in [0.5, 0.6) is 0 Å². The van der Waals surface area contributed by atoms with Crippen LogP contribution in [-0.4, -0.2) is 39.7 Å². The first-order valence-corrected chi connectivity index (χ1v) is 7.80. The van der Waals surface area contributed by atoms with E-state index in [1.54, 1.807) is 23.1 Å². The lowest BCUT2D eigenvalue weighted by molar-refractivity contribution is -0.383. The third-order valence-electron chi connectivity index (χ3n) is 3.22. The highest BCUT2D eigenvalue weighted by Crippen LogP contribution is 2.34. The molecule has 1 heterocycles. The number of nitro groups is 1. The van der Waals surface area contributed by atoms with Crippen LogP contribution in [0.3, 0.4) is 0 Å². The summed E-state index contributed by atoms with van der Waals surface area (Å²) in [5, 5.41) is 24.2. The van der Waals surface area contributed by atoms with Crippen molar-refractivity contribution in [2.24, 2.45) is 0 Å². The highest BCUT2D eigenvalue weighted by atomic mass is 35.5. The highest BCUT2D eigenvalue weighted by Gasteiger charge is 2.26. The Bertz CT molecular complexity index is 744. The Morgan fingerprint density at radius 2 is 2.08 bits per heavy atom. The Labute approximate surface area is 148 Å². The molecule has 0 unspecified atom stereocenters. The van der Waals surface area contributed by atoms with E-state index in [2.05, 4.69) is 15.3 Å². The number of aromatic nitrogens is 2. The van der Waals surface area contributed by atoms with Crippen LogP contribution < -0.4 is 10.2 Å². The standard InChI is InChI=1S/C14H15Cl2N5O3/c1-2-20(5-6-22)14-12(21(23)24)13(17-8-18-14)19-9-3-4-10(15)11(16)7-9/h3-4,7-8,22H,2,5-6H2,1H3,(H,17,18,19). The molecule has 0 amide bonds. The summed E-state index contributed by atoms with van der Waals surface area (Å²) in [5.74, 6) is 0.161. The number of nitrogens with one attached hydrogen (secondary N) is 1. The molecule has 24 heavy (non-hydrogen) atoms. The Balaban J connectivity index is 2.45. The highest BCUT2D eigenvalue weighted by molar-refractivity contribution is 6.42. The van der Waals surface area contributed by atoms with Crippen molar-refractivity contribution >= 4 is 46.2 Å². The minimum atomic E-state index is -0.560. The zero-order chi connectivity index (χ0) is 17.7. The molecule has 1 aromatic carbocycles. The second-order valence-electron chi connectivity index (χ2n) is 4.71. The van der Waals surface area contributed by atoms with Gasteiger partial charge in [-0.2, -0.15) is 0 Å². The summed E-state index contributed by atoms with van der Waals surface area (Å²) in [6.07, 6.45) is 1.22. The number of likely N-dealkylation sites (N-methyl/N-ethyl adjacent to an activating group) is 1. The predicted octanol–water partition coefficient (Wildman–Crippen LogP) is 3.25. The van der Waals surface area contributed by atoms with Gasteiger partial charge in [-0.3, -0.25) is 10.1 Å². The SMILES string of the molecule is CCN(CCO)c1ncnc(Nc2ccc(Cl)c(Cl)c2)c1[N+](=O)[O-]. The Kier molecular flexibility index (Phi) is 6.13. The van der Waals surface area contributed by atoms with Gasteiger partial charge in [0.1, 0.15) is 6.33 Å². The first-order valence-electron chi connectivity index (χ1n) is 7.05. The lowest BCUT2D eigenvalue weighted by atomic mass is 10.3. The van der Waals surface area contributed by atoms with Crippen molar-refractivity contribution in [3.8, 4) is 0 Å². The molecule has 2 aromatic rings. The number of anilines is 3. The summed E-state index contributed by atoms with van der Waals surface area (Å²) in [5.41, 5.74) is 0.223. The molecule has 2 rings (SSSR count). The number of nitrogens with zero attached hydrogens (tertiary/aromatic N) is 4. The number of rotatable bonds is 7. The molecule has 0 atom stereocenters. The van der Waals surface area contributed by atoms with Crippen LogP contribution in [0.15, 0.2) is 24.5 Å². The van der Waals surface area contributed by atoms with E-state index in [4.69, 9.17) is 28.3 Å². The van der Waals surface area contributed by atoms with E-state index < -0.39 is 4.92 Å². The molecule has 8 nitrogen and oxygen atoms in total. The van der Waals surface area contributed by atoms with Gasteiger partial charge in [0.15, 0.2) is 0 Å². The smallest absolute Gasteiger partial charge is 0.353 e. The van der Waals surface area contributed by atoms with Crippen LogP contribution in [0.25, 0.3) is 0 Å². The van der Waals surface area contributed by atoms with Crippen LogP contribution in [0.2, 0.25) is 10.0 Å². The van der Waals surface area contributed by atoms with Gasteiger partial charge in [0.25, 0.3) is 0 Å². The van der Waals surface area contributed by atoms with E-state index in [1.807, 2.05) is 6.92 Å². The number of hydrogen-bond acceptors (Lipinski definition) is 7. The molecule has 0 aliphatic rings. The maximum absolute atomic E-state index is 11.5. The fourth-order valence-corrected chi connectivity index (χ4v) is 2.40. The second-order valence-corrected chi connectivity index (χ2v) is 5.52. The van der Waals surface area contributed by atoms with Crippen LogP contribution in [0.4, 0.5) is 23.0 Å². The fraction of sp³-hybridized carbons (Fsp3) is 0.286. The molecule has 128 valence electrons. The normalized spacial score (nSPS) is 10.5. The molecule has 1 aromatic heterocycles. The molecular weight excluding hydrogens is 357 g/mol. The van der Waals surface area contributed by atoms with Gasteiger partial charge in [-0.15, -0.1) is 0 Å². The summed E-state index contributed by atoms with van der Waals surface area (Å²) in [6.45, 7) is 2.34. The first kappa shape index (κ1) is 18.2. The molecule has 0 bridgehead atoms. The van der Waals surface area contributed by atoms with Gasteiger partial charge in [-0.1, -0.05) is 23.2 Å². The molecule has 0 saturated carbocycles. The van der Waals surface area contributed by atoms with Gasteiger partial charge in [0.05, 0.1) is 21.6 Å². The lowest BCUT2D eigenvalue weighted by Gasteiger charge is -2.21. The summed E-state index contributed by atoms with van der Waals surface area (Å²) in [6, 6.07) is 4.75. The number of halogens is 2. The summed E-state index contributed by atoms with van der Waals surface area (Å²) >= 11 is 11.8. The van der Waals surface area contributed by atoms with Crippen molar-refractivity contribution in [1.82, 2.24) is 9.97 Å². The molecular formula is C14H15Cl2N5O3. The Hall–Kier alpha value is -2.16. The molecule has 10 heteroatoms. The first-order chi connectivity index (χ1) is 11.5. The molecule has 0 aliphatic heterocycles. The van der Waals surface area contributed by atoms with Gasteiger partial charge in [-0.25, -0.2) is 9.97 Å². The van der Waals surface area contributed by atoms with E-state index >= 15 is 0 Å². The molecule has 2 N–H and O–H groups in total. The summed E-state index contributed by atoms with van der Waals surface area (Å²) in [4.78, 5) is 20.5. The predicted molar refractivity (Wildman–Crippen MR) is 93.4 cm³/mol. The number of aliphatic hydroxyl groups excluding tert-OH is 1. The minimum Gasteiger partial charge on any atom is -0.395 e. The van der Waals surface area contributed by atoms with Crippen LogP contribution >= 0.6 is 23.2 Å². The molecule has 0 aliphatic carbocycles. The largest absolute Gasteiger partial charge is 0.395 e. The van der Waals surface area contributed by atoms with Crippen LogP contribution in [0.1, 0.15) is 6.92 Å². The van der Waals surface area contributed by atoms with Crippen molar-refractivity contribution in [2.75, 3.05) is 29.9 Å². The fourth-order valence-electron chi connectivity index (χ4n) is 2.11.